The first-order valence-corrected chi connectivity index (χ1v) is 8.01. The van der Waals surface area contributed by atoms with Crippen molar-refractivity contribution in [2.24, 2.45) is 0 Å². The summed E-state index contributed by atoms with van der Waals surface area (Å²) in [4.78, 5) is 24.1. The number of nitrogens with zero attached hydrogens (tertiary/aromatic N) is 2. The number of amides is 1. The number of carbonyl (C=O) groups excluding carboxylic acids is 2. The Balaban J connectivity index is 1.89. The number of benzene rings is 1. The van der Waals surface area contributed by atoms with Gasteiger partial charge in [-0.15, -0.1) is 0 Å². The van der Waals surface area contributed by atoms with Gasteiger partial charge in [-0.1, -0.05) is 18.5 Å². The Morgan fingerprint density at radius 3 is 2.57 bits per heavy atom. The van der Waals surface area contributed by atoms with Crippen molar-refractivity contribution in [1.29, 1.82) is 0 Å². The van der Waals surface area contributed by atoms with Crippen LogP contribution in [0.4, 0.5) is 5.82 Å². The molecule has 0 saturated carbocycles. The predicted octanol–water partition coefficient (Wildman–Crippen LogP) is 4.11. The second-order valence-corrected chi connectivity index (χ2v) is 5.83. The molecule has 122 valence electrons. The molecule has 6 heteroatoms. The van der Waals surface area contributed by atoms with Crippen molar-refractivity contribution in [3.63, 3.8) is 0 Å². The molecule has 2 rings (SSSR count). The fraction of sp³-hybridized carbons (Fsp3) is 0.353. The molecular formula is C17H20ClN3O2. The van der Waals surface area contributed by atoms with Crippen LogP contribution in [0.15, 0.2) is 36.5 Å². The lowest BCUT2D eigenvalue weighted by Crippen LogP contribution is -2.18. The van der Waals surface area contributed by atoms with Crippen molar-refractivity contribution in [1.82, 2.24) is 9.78 Å². The molecule has 0 radical (unpaired) electrons. The molecule has 1 aromatic carbocycles. The van der Waals surface area contributed by atoms with Gasteiger partial charge in [0.1, 0.15) is 5.82 Å². The molecule has 0 aliphatic rings. The van der Waals surface area contributed by atoms with Crippen LogP contribution in [-0.2, 0) is 4.79 Å². The zero-order valence-electron chi connectivity index (χ0n) is 13.3. The molecule has 0 aliphatic carbocycles. The highest BCUT2D eigenvalue weighted by atomic mass is 35.5. The summed E-state index contributed by atoms with van der Waals surface area (Å²) in [6, 6.07) is 8.63. The summed E-state index contributed by atoms with van der Waals surface area (Å²) in [5.74, 6) is 0.382. The second-order valence-electron chi connectivity index (χ2n) is 5.40. The fourth-order valence-corrected chi connectivity index (χ4v) is 2.28. The zero-order chi connectivity index (χ0) is 16.8. The molecule has 0 aliphatic heterocycles. The van der Waals surface area contributed by atoms with Gasteiger partial charge in [0.15, 0.2) is 5.78 Å². The maximum absolute atomic E-state index is 12.0. The van der Waals surface area contributed by atoms with Gasteiger partial charge in [-0.05, 0) is 37.6 Å². The zero-order valence-corrected chi connectivity index (χ0v) is 14.0. The van der Waals surface area contributed by atoms with E-state index >= 15 is 0 Å². The van der Waals surface area contributed by atoms with Crippen LogP contribution in [0, 0.1) is 0 Å². The molecule has 1 atom stereocenters. The Hall–Kier alpha value is -2.14. The van der Waals surface area contributed by atoms with Crippen LogP contribution >= 0.6 is 11.6 Å². The van der Waals surface area contributed by atoms with Crippen molar-refractivity contribution in [3.8, 4) is 0 Å². The lowest BCUT2D eigenvalue weighted by molar-refractivity contribution is -0.116. The normalized spacial score (nSPS) is 12.0. The largest absolute Gasteiger partial charge is 0.311 e. The second kappa shape index (κ2) is 7.92. The van der Waals surface area contributed by atoms with Gasteiger partial charge >= 0.3 is 0 Å². The first kappa shape index (κ1) is 17.2. The van der Waals surface area contributed by atoms with Gasteiger partial charge in [0, 0.05) is 29.5 Å². The lowest BCUT2D eigenvalue weighted by Gasteiger charge is -2.14. The maximum Gasteiger partial charge on any atom is 0.225 e. The van der Waals surface area contributed by atoms with Gasteiger partial charge in [0.25, 0.3) is 0 Å². The lowest BCUT2D eigenvalue weighted by atomic mass is 10.1. The Bertz CT molecular complexity index is 679. The summed E-state index contributed by atoms with van der Waals surface area (Å²) in [5.41, 5.74) is 0.562. The van der Waals surface area contributed by atoms with Crippen LogP contribution in [0.2, 0.25) is 5.02 Å². The molecule has 0 spiro atoms. The van der Waals surface area contributed by atoms with Crippen LogP contribution in [0.25, 0.3) is 0 Å². The maximum atomic E-state index is 12.0. The van der Waals surface area contributed by atoms with E-state index in [1.165, 1.54) is 0 Å². The van der Waals surface area contributed by atoms with Crippen molar-refractivity contribution in [2.45, 2.75) is 39.2 Å². The molecule has 1 amide bonds. The van der Waals surface area contributed by atoms with Gasteiger partial charge in [-0.25, -0.2) is 4.68 Å². The molecule has 0 fully saturated rings. The van der Waals surface area contributed by atoms with E-state index in [9.17, 15) is 9.59 Å². The van der Waals surface area contributed by atoms with E-state index < -0.39 is 0 Å². The van der Waals surface area contributed by atoms with Crippen molar-refractivity contribution in [3.05, 3.63) is 47.1 Å². The highest BCUT2D eigenvalue weighted by Gasteiger charge is 2.13. The van der Waals surface area contributed by atoms with Gasteiger partial charge < -0.3 is 5.32 Å². The first-order chi connectivity index (χ1) is 11.0. The third kappa shape index (κ3) is 4.66. The average Bonchev–Trinajstić information content (AvgIpc) is 3.00. The topological polar surface area (TPSA) is 64.0 Å². The number of carbonyl (C=O) groups is 2. The monoisotopic (exact) mass is 333 g/mol. The fourth-order valence-electron chi connectivity index (χ4n) is 2.15. The third-order valence-electron chi connectivity index (χ3n) is 3.69. The smallest absolute Gasteiger partial charge is 0.225 e. The minimum atomic E-state index is -0.197. The number of halogens is 1. The first-order valence-electron chi connectivity index (χ1n) is 7.63. The molecule has 1 unspecified atom stereocenters. The number of Topliss-reactive ketones (excluding diaryl/α,β-unsaturated/α-hetero) is 1. The summed E-state index contributed by atoms with van der Waals surface area (Å²) in [5, 5.41) is 7.60. The van der Waals surface area contributed by atoms with Crippen LogP contribution in [0.5, 0.6) is 0 Å². The van der Waals surface area contributed by atoms with Crippen molar-refractivity contribution < 1.29 is 9.59 Å². The molecule has 2 aromatic rings. The van der Waals surface area contributed by atoms with Gasteiger partial charge in [-0.2, -0.15) is 5.10 Å². The molecule has 1 aromatic heterocycles. The Labute approximate surface area is 140 Å². The van der Waals surface area contributed by atoms with E-state index in [0.717, 1.165) is 6.42 Å². The number of hydrogen-bond donors (Lipinski definition) is 1. The summed E-state index contributed by atoms with van der Waals surface area (Å²) in [6.07, 6.45) is 2.86. The quantitative estimate of drug-likeness (QED) is 0.775. The van der Waals surface area contributed by atoms with E-state index in [2.05, 4.69) is 17.3 Å². The average molecular weight is 334 g/mol. The minimum absolute atomic E-state index is 0.0766. The Kier molecular flexibility index (Phi) is 5.93. The molecular weight excluding hydrogens is 314 g/mol. The van der Waals surface area contributed by atoms with Crippen LogP contribution in [0.3, 0.4) is 0 Å². The molecule has 5 nitrogen and oxygen atoms in total. The van der Waals surface area contributed by atoms with Gasteiger partial charge in [-0.3, -0.25) is 9.59 Å². The molecule has 0 bridgehead atoms. The van der Waals surface area contributed by atoms with E-state index in [1.807, 2.05) is 6.92 Å². The van der Waals surface area contributed by atoms with E-state index in [1.54, 1.807) is 41.2 Å². The molecule has 1 heterocycles. The standard InChI is InChI=1S/C17H20ClN3O2/c1-3-12(2)21-16(10-11-19-21)20-17(23)9-8-15(22)13-4-6-14(18)7-5-13/h4-7,10-12H,3,8-9H2,1-2H3,(H,20,23). The highest BCUT2D eigenvalue weighted by Crippen LogP contribution is 2.17. The molecule has 23 heavy (non-hydrogen) atoms. The number of ketones is 1. The van der Waals surface area contributed by atoms with E-state index in [4.69, 9.17) is 11.6 Å². The van der Waals surface area contributed by atoms with Gasteiger partial charge in [0.05, 0.1) is 12.2 Å². The Morgan fingerprint density at radius 2 is 1.91 bits per heavy atom. The number of anilines is 1. The number of rotatable bonds is 7. The van der Waals surface area contributed by atoms with Crippen molar-refractivity contribution in [2.75, 3.05) is 5.32 Å². The summed E-state index contributed by atoms with van der Waals surface area (Å²) in [7, 11) is 0. The van der Waals surface area contributed by atoms with Crippen LogP contribution < -0.4 is 5.32 Å². The predicted molar refractivity (Wildman–Crippen MR) is 90.9 cm³/mol. The Morgan fingerprint density at radius 1 is 1.22 bits per heavy atom. The molecule has 0 saturated heterocycles. The number of aromatic nitrogens is 2. The summed E-state index contributed by atoms with van der Waals surface area (Å²) in [6.45, 7) is 4.09. The summed E-state index contributed by atoms with van der Waals surface area (Å²) >= 11 is 5.79. The number of nitrogens with one attached hydrogen (secondary N) is 1. The third-order valence-corrected chi connectivity index (χ3v) is 3.94. The van der Waals surface area contributed by atoms with E-state index in [-0.39, 0.29) is 30.6 Å². The van der Waals surface area contributed by atoms with Gasteiger partial charge in [0.2, 0.25) is 5.91 Å². The van der Waals surface area contributed by atoms with Crippen LogP contribution in [0.1, 0.15) is 49.5 Å². The van der Waals surface area contributed by atoms with Crippen LogP contribution in [-0.4, -0.2) is 21.5 Å². The van der Waals surface area contributed by atoms with E-state index in [0.29, 0.717) is 16.4 Å². The molecule has 1 N–H and O–H groups in total. The van der Waals surface area contributed by atoms with Crippen molar-refractivity contribution >= 4 is 29.1 Å². The number of hydrogen-bond acceptors (Lipinski definition) is 3. The minimum Gasteiger partial charge on any atom is -0.311 e. The highest BCUT2D eigenvalue weighted by molar-refractivity contribution is 6.30. The summed E-state index contributed by atoms with van der Waals surface area (Å²) < 4.78 is 1.78. The SMILES string of the molecule is CCC(C)n1nccc1NC(=O)CCC(=O)c1ccc(Cl)cc1.